The smallest absolute Gasteiger partial charge is 0.192 e. The molecule has 0 saturated carbocycles. The van der Waals surface area contributed by atoms with Gasteiger partial charge >= 0.3 is 0 Å². The molecule has 0 spiro atoms. The first-order valence-corrected chi connectivity index (χ1v) is 5.43. The molecule has 0 aliphatic heterocycles. The number of hydrogen-bond acceptors (Lipinski definition) is 4. The van der Waals surface area contributed by atoms with Gasteiger partial charge in [-0.1, -0.05) is 11.6 Å². The topological polar surface area (TPSA) is 44.8 Å². The third kappa shape index (κ3) is 4.17. The lowest BCUT2D eigenvalue weighted by Crippen LogP contribution is -2.13. The Morgan fingerprint density at radius 2 is 2.00 bits per heavy atom. The van der Waals surface area contributed by atoms with Crippen molar-refractivity contribution in [1.82, 2.24) is 0 Å². The molecule has 0 atom stereocenters. The maximum Gasteiger partial charge on any atom is 0.192 e. The molecule has 4 nitrogen and oxygen atoms in total. The third-order valence-corrected chi connectivity index (χ3v) is 2.32. The van der Waals surface area contributed by atoms with E-state index in [-0.39, 0.29) is 12.4 Å². The van der Waals surface area contributed by atoms with Gasteiger partial charge in [-0.05, 0) is 19.1 Å². The van der Waals surface area contributed by atoms with Crippen LogP contribution < -0.4 is 4.74 Å². The summed E-state index contributed by atoms with van der Waals surface area (Å²) in [6.45, 7) is 2.87. The van der Waals surface area contributed by atoms with E-state index in [2.05, 4.69) is 0 Å². The first-order chi connectivity index (χ1) is 8.19. The summed E-state index contributed by atoms with van der Waals surface area (Å²) in [5.74, 6) is 0.498. The summed E-state index contributed by atoms with van der Waals surface area (Å²) < 4.78 is 15.2. The molecule has 0 radical (unpaired) electrons. The van der Waals surface area contributed by atoms with Crippen molar-refractivity contribution in [2.75, 3.05) is 34.0 Å². The Kier molecular flexibility index (Phi) is 5.66. The van der Waals surface area contributed by atoms with Crippen LogP contribution in [-0.2, 0) is 9.47 Å². The molecule has 17 heavy (non-hydrogen) atoms. The zero-order valence-electron chi connectivity index (χ0n) is 10.5. The Labute approximate surface area is 101 Å². The molecule has 4 heteroatoms. The summed E-state index contributed by atoms with van der Waals surface area (Å²) in [6, 6.07) is 5.50. The second-order valence-corrected chi connectivity index (χ2v) is 3.67. The molecule has 1 aromatic carbocycles. The number of methoxy groups -OCH3 is 2. The lowest BCUT2D eigenvalue weighted by Gasteiger charge is -2.09. The zero-order valence-corrected chi connectivity index (χ0v) is 10.5. The molecule has 0 fully saturated rings. The fourth-order valence-corrected chi connectivity index (χ4v) is 1.42. The molecule has 1 rings (SSSR count). The number of rotatable bonds is 7. The summed E-state index contributed by atoms with van der Waals surface area (Å²) >= 11 is 0. The summed E-state index contributed by atoms with van der Waals surface area (Å²) in [4.78, 5) is 11.9. The number of hydrogen-bond donors (Lipinski definition) is 0. The number of benzene rings is 1. The molecule has 0 saturated heterocycles. The Balaban J connectivity index is 2.64. The lowest BCUT2D eigenvalue weighted by atomic mass is 10.1. The van der Waals surface area contributed by atoms with E-state index in [0.29, 0.717) is 24.5 Å². The standard InChI is InChI=1S/C13H18O4/c1-10-4-5-13(16-3)11(8-10)12(14)9-17-7-6-15-2/h4-5,8H,6-7,9H2,1-3H3. The van der Waals surface area contributed by atoms with Crippen LogP contribution in [-0.4, -0.2) is 39.8 Å². The van der Waals surface area contributed by atoms with E-state index in [4.69, 9.17) is 14.2 Å². The molecule has 0 unspecified atom stereocenters. The predicted octanol–water partition coefficient (Wildman–Crippen LogP) is 1.85. The molecule has 0 N–H and O–H groups in total. The monoisotopic (exact) mass is 238 g/mol. The maximum atomic E-state index is 11.9. The highest BCUT2D eigenvalue weighted by Crippen LogP contribution is 2.20. The Hall–Kier alpha value is -1.39. The molecular formula is C13H18O4. The number of ketones is 1. The molecule has 0 amide bonds. The van der Waals surface area contributed by atoms with Crippen LogP contribution in [0.4, 0.5) is 0 Å². The summed E-state index contributed by atoms with van der Waals surface area (Å²) in [6.07, 6.45) is 0. The largest absolute Gasteiger partial charge is 0.496 e. The highest BCUT2D eigenvalue weighted by Gasteiger charge is 2.12. The normalized spacial score (nSPS) is 10.3. The second kappa shape index (κ2) is 7.04. The van der Waals surface area contributed by atoms with Crippen molar-refractivity contribution in [2.45, 2.75) is 6.92 Å². The van der Waals surface area contributed by atoms with Gasteiger partial charge in [0.05, 0.1) is 25.9 Å². The van der Waals surface area contributed by atoms with E-state index >= 15 is 0 Å². The summed E-state index contributed by atoms with van der Waals surface area (Å²) in [7, 11) is 3.14. The van der Waals surface area contributed by atoms with Gasteiger partial charge in [-0.25, -0.2) is 0 Å². The van der Waals surface area contributed by atoms with Gasteiger partial charge < -0.3 is 14.2 Å². The van der Waals surface area contributed by atoms with Crippen LogP contribution in [0.1, 0.15) is 15.9 Å². The van der Waals surface area contributed by atoms with Crippen molar-refractivity contribution in [2.24, 2.45) is 0 Å². The van der Waals surface area contributed by atoms with Crippen LogP contribution in [0.25, 0.3) is 0 Å². The van der Waals surface area contributed by atoms with Crippen LogP contribution in [0, 0.1) is 6.92 Å². The van der Waals surface area contributed by atoms with Gasteiger partial charge in [0.25, 0.3) is 0 Å². The lowest BCUT2D eigenvalue weighted by molar-refractivity contribution is 0.0575. The minimum atomic E-state index is -0.0818. The van der Waals surface area contributed by atoms with Crippen molar-refractivity contribution >= 4 is 5.78 Å². The van der Waals surface area contributed by atoms with Crippen LogP contribution in [0.5, 0.6) is 5.75 Å². The predicted molar refractivity (Wildman–Crippen MR) is 64.8 cm³/mol. The fraction of sp³-hybridized carbons (Fsp3) is 0.462. The number of carbonyl (C=O) groups is 1. The van der Waals surface area contributed by atoms with Gasteiger partial charge in [0.2, 0.25) is 0 Å². The third-order valence-electron chi connectivity index (χ3n) is 2.32. The highest BCUT2D eigenvalue weighted by atomic mass is 16.5. The molecule has 0 bridgehead atoms. The minimum absolute atomic E-state index is 0.0448. The number of ether oxygens (including phenoxy) is 3. The van der Waals surface area contributed by atoms with Crippen molar-refractivity contribution in [1.29, 1.82) is 0 Å². The number of carbonyl (C=O) groups excluding carboxylic acids is 1. The van der Waals surface area contributed by atoms with E-state index in [1.54, 1.807) is 26.4 Å². The van der Waals surface area contributed by atoms with Gasteiger partial charge in [0, 0.05) is 7.11 Å². The van der Waals surface area contributed by atoms with Crippen molar-refractivity contribution in [3.05, 3.63) is 29.3 Å². The Morgan fingerprint density at radius 3 is 2.65 bits per heavy atom. The van der Waals surface area contributed by atoms with Crippen LogP contribution >= 0.6 is 0 Å². The summed E-state index contributed by atoms with van der Waals surface area (Å²) in [5.41, 5.74) is 1.58. The molecule has 1 aromatic rings. The molecule has 0 heterocycles. The average molecular weight is 238 g/mol. The molecule has 94 valence electrons. The van der Waals surface area contributed by atoms with Crippen LogP contribution in [0.15, 0.2) is 18.2 Å². The van der Waals surface area contributed by atoms with Crippen molar-refractivity contribution < 1.29 is 19.0 Å². The van der Waals surface area contributed by atoms with Crippen molar-refractivity contribution in [3.8, 4) is 5.75 Å². The SMILES string of the molecule is COCCOCC(=O)c1cc(C)ccc1OC. The number of Topliss-reactive ketones (excluding diaryl/α,β-unsaturated/α-hetero) is 1. The minimum Gasteiger partial charge on any atom is -0.496 e. The molecule has 0 aliphatic rings. The summed E-state index contributed by atoms with van der Waals surface area (Å²) in [5, 5.41) is 0. The van der Waals surface area contributed by atoms with Gasteiger partial charge in [0.1, 0.15) is 12.4 Å². The second-order valence-electron chi connectivity index (χ2n) is 3.67. The van der Waals surface area contributed by atoms with Gasteiger partial charge in [-0.2, -0.15) is 0 Å². The Morgan fingerprint density at radius 1 is 1.24 bits per heavy atom. The van der Waals surface area contributed by atoms with E-state index in [0.717, 1.165) is 5.56 Å². The average Bonchev–Trinajstić information content (AvgIpc) is 2.34. The van der Waals surface area contributed by atoms with Gasteiger partial charge in [0.15, 0.2) is 5.78 Å². The van der Waals surface area contributed by atoms with Crippen LogP contribution in [0.2, 0.25) is 0 Å². The molecule has 0 aromatic heterocycles. The first-order valence-electron chi connectivity index (χ1n) is 5.43. The van der Waals surface area contributed by atoms with E-state index in [9.17, 15) is 4.79 Å². The maximum absolute atomic E-state index is 11.9. The van der Waals surface area contributed by atoms with E-state index in [1.807, 2.05) is 13.0 Å². The zero-order chi connectivity index (χ0) is 12.7. The highest BCUT2D eigenvalue weighted by molar-refractivity contribution is 5.99. The Bertz CT molecular complexity index is 374. The first kappa shape index (κ1) is 13.7. The van der Waals surface area contributed by atoms with E-state index < -0.39 is 0 Å². The molecular weight excluding hydrogens is 220 g/mol. The van der Waals surface area contributed by atoms with Crippen LogP contribution in [0.3, 0.4) is 0 Å². The number of aryl methyl sites for hydroxylation is 1. The fourth-order valence-electron chi connectivity index (χ4n) is 1.42. The van der Waals surface area contributed by atoms with Crippen molar-refractivity contribution in [3.63, 3.8) is 0 Å². The molecule has 0 aliphatic carbocycles. The van der Waals surface area contributed by atoms with Gasteiger partial charge in [-0.3, -0.25) is 4.79 Å². The quantitative estimate of drug-likeness (QED) is 0.537. The van der Waals surface area contributed by atoms with E-state index in [1.165, 1.54) is 0 Å². The van der Waals surface area contributed by atoms with Gasteiger partial charge in [-0.15, -0.1) is 0 Å².